The quantitative estimate of drug-likeness (QED) is 0.187. The van der Waals surface area contributed by atoms with Crippen LogP contribution in [0.15, 0.2) is 54.6 Å². The molecule has 1 aliphatic carbocycles. The van der Waals surface area contributed by atoms with Crippen molar-refractivity contribution in [2.24, 2.45) is 11.7 Å². The minimum Gasteiger partial charge on any atom is -0.370 e. The van der Waals surface area contributed by atoms with Gasteiger partial charge in [-0.05, 0) is 61.3 Å². The molecule has 0 bridgehead atoms. The van der Waals surface area contributed by atoms with E-state index in [1.165, 1.54) is 32.1 Å². The molecule has 0 unspecified atom stereocenters. The summed E-state index contributed by atoms with van der Waals surface area (Å²) in [6.07, 6.45) is 8.40. The zero-order valence-corrected chi connectivity index (χ0v) is 22.3. The molecule has 2 aromatic rings. The molecule has 38 heavy (non-hydrogen) atoms. The molecule has 2 aromatic carbocycles. The van der Waals surface area contributed by atoms with Crippen molar-refractivity contribution in [2.75, 3.05) is 26.2 Å². The number of carbonyl (C=O) groups excluding carboxylic acids is 2. The van der Waals surface area contributed by atoms with Gasteiger partial charge in [0.25, 0.3) is 5.91 Å². The van der Waals surface area contributed by atoms with E-state index in [1.54, 1.807) is 0 Å². The number of hydrogen-bond acceptors (Lipinski definition) is 4. The van der Waals surface area contributed by atoms with Crippen molar-refractivity contribution in [3.63, 3.8) is 0 Å². The standard InChI is InChI=1S/C30H42N6O2/c31-30(32)33-18-7-12-27-29(38)36(21-22-8-3-1-4-9-22)19-17-26(35-27)20-34-28(37)25-15-13-24(14-16-25)23-10-5-2-6-11-23/h2,5-6,10-11,13-16,22,26-27,35H,1,3-4,7-9,12,17-21H2,(H,34,37)(H4,31,32,33)/t26-,27-/m1/s1. The predicted molar refractivity (Wildman–Crippen MR) is 152 cm³/mol. The number of hydrogen-bond donors (Lipinski definition) is 5. The molecule has 8 nitrogen and oxygen atoms in total. The van der Waals surface area contributed by atoms with Crippen molar-refractivity contribution in [2.45, 2.75) is 63.5 Å². The Morgan fingerprint density at radius 1 is 0.974 bits per heavy atom. The third-order valence-corrected chi connectivity index (χ3v) is 7.75. The molecule has 8 heteroatoms. The Morgan fingerprint density at radius 2 is 1.68 bits per heavy atom. The van der Waals surface area contributed by atoms with E-state index in [4.69, 9.17) is 11.1 Å². The van der Waals surface area contributed by atoms with Crippen LogP contribution in [0.2, 0.25) is 0 Å². The molecule has 1 saturated carbocycles. The van der Waals surface area contributed by atoms with E-state index in [9.17, 15) is 9.59 Å². The molecule has 204 valence electrons. The van der Waals surface area contributed by atoms with Gasteiger partial charge in [-0.3, -0.25) is 15.0 Å². The van der Waals surface area contributed by atoms with Crippen molar-refractivity contribution in [1.29, 1.82) is 5.41 Å². The van der Waals surface area contributed by atoms with Crippen LogP contribution in [-0.2, 0) is 4.79 Å². The van der Waals surface area contributed by atoms with Gasteiger partial charge in [-0.25, -0.2) is 0 Å². The number of amides is 2. The van der Waals surface area contributed by atoms with Crippen LogP contribution in [0.4, 0.5) is 0 Å². The maximum Gasteiger partial charge on any atom is 0.251 e. The Bertz CT molecular complexity index is 1050. The minimum atomic E-state index is -0.304. The van der Waals surface area contributed by atoms with Gasteiger partial charge in [0.2, 0.25) is 5.91 Å². The summed E-state index contributed by atoms with van der Waals surface area (Å²) in [6.45, 7) is 2.56. The first-order chi connectivity index (χ1) is 18.5. The summed E-state index contributed by atoms with van der Waals surface area (Å²) in [5.74, 6) is 0.580. The van der Waals surface area contributed by atoms with Crippen LogP contribution >= 0.6 is 0 Å². The first-order valence-corrected chi connectivity index (χ1v) is 14.1. The molecular formula is C30H42N6O2. The summed E-state index contributed by atoms with van der Waals surface area (Å²) in [7, 11) is 0. The zero-order chi connectivity index (χ0) is 26.7. The van der Waals surface area contributed by atoms with E-state index in [1.807, 2.05) is 42.5 Å². The van der Waals surface area contributed by atoms with Crippen LogP contribution < -0.4 is 21.7 Å². The number of benzene rings is 2. The first-order valence-electron chi connectivity index (χ1n) is 14.1. The molecule has 2 atom stereocenters. The Morgan fingerprint density at radius 3 is 2.39 bits per heavy atom. The SMILES string of the molecule is N=C(N)NCCC[C@H]1N[C@@H](CNC(=O)c2ccc(-c3ccccc3)cc2)CCN(CC2CCCCC2)C1=O. The predicted octanol–water partition coefficient (Wildman–Crippen LogP) is 3.49. The molecule has 0 aromatic heterocycles. The normalized spacial score (nSPS) is 20.5. The highest BCUT2D eigenvalue weighted by Gasteiger charge is 2.32. The van der Waals surface area contributed by atoms with E-state index in [0.717, 1.165) is 30.5 Å². The van der Waals surface area contributed by atoms with E-state index in [-0.39, 0.29) is 29.9 Å². The number of nitrogens with one attached hydrogen (secondary N) is 4. The lowest BCUT2D eigenvalue weighted by Crippen LogP contribution is -2.49. The molecule has 4 rings (SSSR count). The molecule has 6 N–H and O–H groups in total. The highest BCUT2D eigenvalue weighted by molar-refractivity contribution is 5.94. The minimum absolute atomic E-state index is 0.00798. The number of rotatable bonds is 10. The van der Waals surface area contributed by atoms with E-state index in [0.29, 0.717) is 37.5 Å². The van der Waals surface area contributed by atoms with Gasteiger partial charge in [-0.15, -0.1) is 0 Å². The zero-order valence-electron chi connectivity index (χ0n) is 22.3. The van der Waals surface area contributed by atoms with Gasteiger partial charge in [0.05, 0.1) is 6.04 Å². The van der Waals surface area contributed by atoms with E-state index in [2.05, 4.69) is 33.0 Å². The summed E-state index contributed by atoms with van der Waals surface area (Å²) >= 11 is 0. The van der Waals surface area contributed by atoms with Crippen LogP contribution in [0.1, 0.15) is 61.7 Å². The van der Waals surface area contributed by atoms with Gasteiger partial charge in [0.15, 0.2) is 5.96 Å². The maximum absolute atomic E-state index is 13.5. The molecular weight excluding hydrogens is 476 g/mol. The lowest BCUT2D eigenvalue weighted by molar-refractivity contribution is -0.133. The number of nitrogens with zero attached hydrogens (tertiary/aromatic N) is 1. The fraction of sp³-hybridized carbons (Fsp3) is 0.500. The average Bonchev–Trinajstić information content (AvgIpc) is 3.09. The molecule has 1 heterocycles. The summed E-state index contributed by atoms with van der Waals surface area (Å²) in [5, 5.41) is 16.8. The van der Waals surface area contributed by atoms with Crippen LogP contribution in [0.5, 0.6) is 0 Å². The Kier molecular flexibility index (Phi) is 10.1. The van der Waals surface area contributed by atoms with Crippen LogP contribution in [0, 0.1) is 11.3 Å². The summed E-state index contributed by atoms with van der Waals surface area (Å²) in [6, 6.07) is 17.5. The van der Waals surface area contributed by atoms with Crippen LogP contribution in [0.25, 0.3) is 11.1 Å². The van der Waals surface area contributed by atoms with Crippen LogP contribution in [0.3, 0.4) is 0 Å². The largest absolute Gasteiger partial charge is 0.370 e. The number of nitrogens with two attached hydrogens (primary N) is 1. The Hall–Kier alpha value is -3.39. The summed E-state index contributed by atoms with van der Waals surface area (Å²) in [5.41, 5.74) is 8.23. The molecule has 0 radical (unpaired) electrons. The third kappa shape index (κ3) is 8.05. The van der Waals surface area contributed by atoms with Gasteiger partial charge < -0.3 is 26.6 Å². The Balaban J connectivity index is 1.34. The monoisotopic (exact) mass is 518 g/mol. The summed E-state index contributed by atoms with van der Waals surface area (Å²) in [4.78, 5) is 28.5. The number of carbonyl (C=O) groups is 2. The second-order valence-corrected chi connectivity index (χ2v) is 10.6. The van der Waals surface area contributed by atoms with Crippen molar-refractivity contribution in [1.82, 2.24) is 20.9 Å². The fourth-order valence-corrected chi connectivity index (χ4v) is 5.60. The van der Waals surface area contributed by atoms with Crippen molar-refractivity contribution < 1.29 is 9.59 Å². The molecule has 1 aliphatic heterocycles. The van der Waals surface area contributed by atoms with Crippen molar-refractivity contribution >= 4 is 17.8 Å². The van der Waals surface area contributed by atoms with Gasteiger partial charge in [0, 0.05) is 37.8 Å². The highest BCUT2D eigenvalue weighted by atomic mass is 16.2. The van der Waals surface area contributed by atoms with Gasteiger partial charge in [-0.1, -0.05) is 61.7 Å². The lowest BCUT2D eigenvalue weighted by Gasteiger charge is -2.30. The topological polar surface area (TPSA) is 123 Å². The average molecular weight is 519 g/mol. The first kappa shape index (κ1) is 27.6. The number of guanidine groups is 1. The summed E-state index contributed by atoms with van der Waals surface area (Å²) < 4.78 is 0. The fourth-order valence-electron chi connectivity index (χ4n) is 5.60. The molecule has 0 spiro atoms. The van der Waals surface area contributed by atoms with Gasteiger partial charge in [0.1, 0.15) is 0 Å². The molecule has 2 aliphatic rings. The smallest absolute Gasteiger partial charge is 0.251 e. The molecule has 2 amide bonds. The van der Waals surface area contributed by atoms with Gasteiger partial charge >= 0.3 is 0 Å². The maximum atomic E-state index is 13.5. The Labute approximate surface area is 226 Å². The second-order valence-electron chi connectivity index (χ2n) is 10.6. The van der Waals surface area contributed by atoms with Crippen molar-refractivity contribution in [3.05, 3.63) is 60.2 Å². The molecule has 1 saturated heterocycles. The van der Waals surface area contributed by atoms with Crippen LogP contribution in [-0.4, -0.2) is 60.9 Å². The second kappa shape index (κ2) is 14.0. The van der Waals surface area contributed by atoms with Crippen molar-refractivity contribution in [3.8, 4) is 11.1 Å². The van der Waals surface area contributed by atoms with E-state index < -0.39 is 0 Å². The molecule has 2 fully saturated rings. The lowest BCUT2D eigenvalue weighted by atomic mass is 9.89. The van der Waals surface area contributed by atoms with E-state index >= 15 is 0 Å². The third-order valence-electron chi connectivity index (χ3n) is 7.75. The van der Waals surface area contributed by atoms with Gasteiger partial charge in [-0.2, -0.15) is 0 Å². The highest BCUT2D eigenvalue weighted by Crippen LogP contribution is 2.25.